The third-order valence-corrected chi connectivity index (χ3v) is 21.2. The number of rotatable bonds is 4. The Kier molecular flexibility index (Phi) is 10.1. The van der Waals surface area contributed by atoms with Gasteiger partial charge in [0.1, 0.15) is 0 Å². The van der Waals surface area contributed by atoms with Crippen molar-refractivity contribution in [2.24, 2.45) is 0 Å². The zero-order valence-electron chi connectivity index (χ0n) is 47.1. The molecule has 1 aromatic heterocycles. The van der Waals surface area contributed by atoms with Crippen LogP contribution in [0.25, 0.3) is 42.4 Å². The van der Waals surface area contributed by atoms with Crippen molar-refractivity contribution in [1.82, 2.24) is 0 Å². The van der Waals surface area contributed by atoms with Crippen LogP contribution >= 0.6 is 11.3 Å². The van der Waals surface area contributed by atoms with Crippen LogP contribution in [-0.2, 0) is 37.9 Å². The fraction of sp³-hybridized carbons (Fsp3) is 0.400. The minimum absolute atomic E-state index is 0.0119. The Morgan fingerprint density at radius 3 is 1.69 bits per heavy atom. The van der Waals surface area contributed by atoms with Crippen LogP contribution in [0.4, 0.5) is 28.4 Å². The van der Waals surface area contributed by atoms with E-state index in [1.807, 2.05) is 11.3 Å². The van der Waals surface area contributed by atoms with Crippen molar-refractivity contribution in [1.29, 1.82) is 0 Å². The van der Waals surface area contributed by atoms with Crippen molar-refractivity contribution in [3.8, 4) is 22.3 Å². The van der Waals surface area contributed by atoms with Gasteiger partial charge in [0.2, 0.25) is 0 Å². The van der Waals surface area contributed by atoms with Gasteiger partial charge >= 0.3 is 0 Å². The van der Waals surface area contributed by atoms with E-state index in [-0.39, 0.29) is 37.9 Å². The third kappa shape index (κ3) is 6.94. The quantitative estimate of drug-likeness (QED) is 0.177. The minimum Gasteiger partial charge on any atom is -0.355 e. The Bertz CT molecular complexity index is 3740. The maximum absolute atomic E-state index is 4.26. The fourth-order valence-electron chi connectivity index (χ4n) is 14.8. The fourth-order valence-corrected chi connectivity index (χ4v) is 16.0. The van der Waals surface area contributed by atoms with E-state index in [0.29, 0.717) is 0 Å². The van der Waals surface area contributed by atoms with Crippen molar-refractivity contribution in [3.63, 3.8) is 0 Å². The van der Waals surface area contributed by atoms with Gasteiger partial charge in [-0.3, -0.25) is 0 Å². The molecule has 2 nitrogen and oxygen atoms in total. The van der Waals surface area contributed by atoms with E-state index in [1.165, 1.54) is 158 Å². The van der Waals surface area contributed by atoms with Gasteiger partial charge in [0.05, 0.1) is 0 Å². The lowest BCUT2D eigenvalue weighted by Crippen LogP contribution is -2.42. The molecule has 1 aliphatic heterocycles. The Hall–Kier alpha value is -5.58. The number of hydrogen-bond acceptors (Lipinski definition) is 3. The second kappa shape index (κ2) is 15.5. The van der Waals surface area contributed by atoms with Crippen molar-refractivity contribution in [3.05, 3.63) is 159 Å². The number of thiophene rings is 1. The monoisotopic (exact) mass is 988 g/mol. The predicted octanol–water partition coefficient (Wildman–Crippen LogP) is 18.6. The zero-order chi connectivity index (χ0) is 52.0. The van der Waals surface area contributed by atoms with E-state index in [9.17, 15) is 0 Å². The van der Waals surface area contributed by atoms with Crippen LogP contribution in [0.15, 0.2) is 109 Å². The minimum atomic E-state index is -0.137. The number of fused-ring (bicyclic) bond motifs is 11. The number of benzene rings is 7. The number of nitrogens with zero attached hydrogens (tertiary/aromatic N) is 1. The molecule has 4 aliphatic carbocycles. The molecule has 1 radical (unpaired) electrons. The summed E-state index contributed by atoms with van der Waals surface area (Å²) < 4.78 is 2.68. The molecular weight excluding hydrogens is 912 g/mol. The first-order valence-electron chi connectivity index (χ1n) is 28.0. The lowest BCUT2D eigenvalue weighted by atomic mass is 9.56. The van der Waals surface area contributed by atoms with Gasteiger partial charge in [0, 0.05) is 59.6 Å². The molecular formula is C70H76BN2S. The Morgan fingerprint density at radius 2 is 1.01 bits per heavy atom. The van der Waals surface area contributed by atoms with Gasteiger partial charge in [-0.05, 0) is 199 Å². The molecule has 4 heteroatoms. The number of hydrogen-bond donors (Lipinski definition) is 1. The standard InChI is InChI=1S/C70H76BN2S/c1-40-32-50-54(69(12,13)31-28-65(50,4)5)39-57(40)73-58-35-44-42-20-16-18-22-47(42)70(14,15)49(44)37-55(58)71-62-59(73)36-45-43-21-17-19-23-60(43)74-63(45)61(62)46-34-52-53(68(10,11)30-29-67(52,8)9)38-56(46)72-41-24-25-48-51(33-41)66(6,7)27-26-64(48,2)3/h16-25,32-39,72H,26-31H2,1-15H3. The Morgan fingerprint density at radius 1 is 0.446 bits per heavy atom. The van der Waals surface area contributed by atoms with Gasteiger partial charge in [-0.1, -0.05) is 163 Å². The van der Waals surface area contributed by atoms with Gasteiger partial charge in [-0.2, -0.15) is 0 Å². The first-order valence-corrected chi connectivity index (χ1v) is 28.8. The average molecular weight is 988 g/mol. The van der Waals surface area contributed by atoms with E-state index >= 15 is 0 Å². The van der Waals surface area contributed by atoms with Crippen molar-refractivity contribution >= 4 is 78.2 Å². The highest BCUT2D eigenvalue weighted by molar-refractivity contribution is 7.26. The van der Waals surface area contributed by atoms with Gasteiger partial charge in [0.25, 0.3) is 0 Å². The van der Waals surface area contributed by atoms with Crippen molar-refractivity contribution in [2.45, 2.75) is 180 Å². The third-order valence-electron chi connectivity index (χ3n) is 20.0. The number of aryl methyl sites for hydroxylation is 1. The topological polar surface area (TPSA) is 15.3 Å². The van der Waals surface area contributed by atoms with E-state index in [4.69, 9.17) is 0 Å². The summed E-state index contributed by atoms with van der Waals surface area (Å²) in [6.45, 7) is 36.9. The zero-order valence-corrected chi connectivity index (χ0v) is 47.9. The summed E-state index contributed by atoms with van der Waals surface area (Å²) in [4.78, 5) is 2.72. The summed E-state index contributed by atoms with van der Waals surface area (Å²) in [7, 11) is 2.60. The van der Waals surface area contributed by atoms with Crippen molar-refractivity contribution in [2.75, 3.05) is 10.2 Å². The van der Waals surface area contributed by atoms with Gasteiger partial charge < -0.3 is 10.2 Å². The summed E-state index contributed by atoms with van der Waals surface area (Å²) in [6, 6.07) is 43.8. The smallest absolute Gasteiger partial charge is 0.197 e. The molecule has 0 bridgehead atoms. The molecule has 0 unspecified atom stereocenters. The largest absolute Gasteiger partial charge is 0.355 e. The Labute approximate surface area is 447 Å². The van der Waals surface area contributed by atoms with Crippen molar-refractivity contribution < 1.29 is 0 Å². The lowest BCUT2D eigenvalue weighted by Gasteiger charge is -2.44. The van der Waals surface area contributed by atoms with Crippen LogP contribution in [-0.4, -0.2) is 7.28 Å². The molecule has 7 aromatic carbocycles. The second-order valence-electron chi connectivity index (χ2n) is 28.1. The molecule has 0 saturated heterocycles. The van der Waals surface area contributed by atoms with Crippen LogP contribution in [0, 0.1) is 6.92 Å². The Balaban J connectivity index is 1.14. The summed E-state index contributed by atoms with van der Waals surface area (Å²) in [5.74, 6) is 0. The highest BCUT2D eigenvalue weighted by Crippen LogP contribution is 2.56. The van der Waals surface area contributed by atoms with Gasteiger partial charge in [-0.25, -0.2) is 0 Å². The van der Waals surface area contributed by atoms with Crippen LogP contribution in [0.3, 0.4) is 0 Å². The molecule has 2 heterocycles. The first-order chi connectivity index (χ1) is 34.8. The molecule has 13 rings (SSSR count). The summed E-state index contributed by atoms with van der Waals surface area (Å²) in [5.41, 5.74) is 27.4. The second-order valence-corrected chi connectivity index (χ2v) is 29.1. The number of nitrogens with one attached hydrogen (secondary N) is 1. The highest BCUT2D eigenvalue weighted by Gasteiger charge is 2.44. The van der Waals surface area contributed by atoms with E-state index in [1.54, 1.807) is 0 Å². The van der Waals surface area contributed by atoms with E-state index in [0.717, 1.165) is 12.8 Å². The summed E-state index contributed by atoms with van der Waals surface area (Å²) in [5, 5.41) is 6.91. The SMILES string of the molecule is Cc1cc2c(cc1N1c3cc4c(cc3[B]c3c1cc1c(sc5ccccc51)c3-c1cc3c(cc1Nc1ccc5c(c1)C(C)(C)CCC5(C)C)C(C)(C)CCC3(C)C)C(C)(C)c1ccccc1-4)C(C)(C)CCC2(C)C. The predicted molar refractivity (Wildman–Crippen MR) is 322 cm³/mol. The molecule has 0 fully saturated rings. The van der Waals surface area contributed by atoms with Gasteiger partial charge in [0.15, 0.2) is 7.28 Å². The molecule has 0 atom stereocenters. The average Bonchev–Trinajstić information content (AvgIpc) is 3.83. The molecule has 5 aliphatic rings. The summed E-state index contributed by atoms with van der Waals surface area (Å²) in [6.07, 6.45) is 7.06. The molecule has 0 spiro atoms. The molecule has 1 N–H and O–H groups in total. The summed E-state index contributed by atoms with van der Waals surface area (Å²) >= 11 is 1.97. The molecule has 0 amide bonds. The van der Waals surface area contributed by atoms with Crippen LogP contribution in [0.1, 0.15) is 186 Å². The number of anilines is 5. The van der Waals surface area contributed by atoms with E-state index in [2.05, 4.69) is 231 Å². The maximum Gasteiger partial charge on any atom is 0.197 e. The van der Waals surface area contributed by atoms with Gasteiger partial charge in [-0.15, -0.1) is 11.3 Å². The lowest BCUT2D eigenvalue weighted by molar-refractivity contribution is 0.332. The van der Waals surface area contributed by atoms with E-state index < -0.39 is 0 Å². The molecule has 375 valence electrons. The molecule has 74 heavy (non-hydrogen) atoms. The first kappa shape index (κ1) is 48.1. The normalized spacial score (nSPS) is 20.3. The van der Waals surface area contributed by atoms with Crippen LogP contribution < -0.4 is 21.1 Å². The maximum atomic E-state index is 4.26. The van der Waals surface area contributed by atoms with Crippen LogP contribution in [0.2, 0.25) is 0 Å². The molecule has 0 saturated carbocycles. The highest BCUT2D eigenvalue weighted by atomic mass is 32.1. The molecule has 8 aromatic rings. The van der Waals surface area contributed by atoms with Crippen LogP contribution in [0.5, 0.6) is 0 Å².